The zero-order valence-corrected chi connectivity index (χ0v) is 17.9. The standard InChI is InChI=1S/C20H29N7O4/c1-13(2)30-20(28)26-7-4-16(5-8-26)29-12-17-24-18(31-25-17)14-9-22-19(23-10-14)27-6-3-15(21)11-27/h9-10,13,15-16H,3-8,11-12,21H2,1-2H3/t15-/m1/s1. The summed E-state index contributed by atoms with van der Waals surface area (Å²) in [6.07, 6.45) is 5.44. The van der Waals surface area contributed by atoms with Crippen LogP contribution < -0.4 is 10.6 Å². The minimum Gasteiger partial charge on any atom is -0.447 e. The van der Waals surface area contributed by atoms with Crippen molar-refractivity contribution in [1.29, 1.82) is 0 Å². The Balaban J connectivity index is 1.25. The number of hydrogen-bond acceptors (Lipinski definition) is 10. The zero-order valence-electron chi connectivity index (χ0n) is 17.9. The van der Waals surface area contributed by atoms with Crippen LogP contribution in [0.3, 0.4) is 0 Å². The van der Waals surface area contributed by atoms with Crippen molar-refractivity contribution in [2.24, 2.45) is 5.73 Å². The van der Waals surface area contributed by atoms with E-state index >= 15 is 0 Å². The third-order valence-electron chi connectivity index (χ3n) is 5.35. The van der Waals surface area contributed by atoms with Crippen LogP contribution in [-0.4, -0.2) is 75.5 Å². The molecule has 0 unspecified atom stereocenters. The predicted molar refractivity (Wildman–Crippen MR) is 111 cm³/mol. The van der Waals surface area contributed by atoms with Gasteiger partial charge in [0.05, 0.1) is 17.8 Å². The van der Waals surface area contributed by atoms with Crippen molar-refractivity contribution in [2.45, 2.75) is 58.0 Å². The fraction of sp³-hybridized carbons (Fsp3) is 0.650. The molecule has 1 atom stereocenters. The molecule has 0 bridgehead atoms. The van der Waals surface area contributed by atoms with Crippen molar-refractivity contribution < 1.29 is 18.8 Å². The quantitative estimate of drug-likeness (QED) is 0.719. The van der Waals surface area contributed by atoms with E-state index in [1.54, 1.807) is 17.3 Å². The Morgan fingerprint density at radius 3 is 2.61 bits per heavy atom. The summed E-state index contributed by atoms with van der Waals surface area (Å²) in [7, 11) is 0. The highest BCUT2D eigenvalue weighted by Crippen LogP contribution is 2.21. The van der Waals surface area contributed by atoms with Crippen molar-refractivity contribution in [2.75, 3.05) is 31.1 Å². The lowest BCUT2D eigenvalue weighted by Crippen LogP contribution is -2.41. The van der Waals surface area contributed by atoms with E-state index in [1.807, 2.05) is 13.8 Å². The summed E-state index contributed by atoms with van der Waals surface area (Å²) in [4.78, 5) is 28.9. The minimum absolute atomic E-state index is 0.0412. The van der Waals surface area contributed by atoms with Crippen molar-refractivity contribution in [3.63, 3.8) is 0 Å². The molecule has 2 aromatic rings. The fourth-order valence-electron chi connectivity index (χ4n) is 3.67. The topological polar surface area (TPSA) is 133 Å². The molecule has 168 valence electrons. The third-order valence-corrected chi connectivity index (χ3v) is 5.35. The number of rotatable bonds is 6. The molecule has 0 aromatic carbocycles. The molecule has 2 aliphatic heterocycles. The van der Waals surface area contributed by atoms with Gasteiger partial charge >= 0.3 is 6.09 Å². The van der Waals surface area contributed by atoms with Gasteiger partial charge in [0.1, 0.15) is 6.61 Å². The molecule has 0 aliphatic carbocycles. The van der Waals surface area contributed by atoms with E-state index in [1.165, 1.54) is 0 Å². The number of anilines is 1. The van der Waals surface area contributed by atoms with E-state index in [4.69, 9.17) is 19.7 Å². The smallest absolute Gasteiger partial charge is 0.410 e. The first-order chi connectivity index (χ1) is 15.0. The Kier molecular flexibility index (Phi) is 6.62. The Labute approximate surface area is 180 Å². The molecule has 1 amide bonds. The molecule has 2 fully saturated rings. The number of hydrogen-bond donors (Lipinski definition) is 1. The Morgan fingerprint density at radius 1 is 1.23 bits per heavy atom. The van der Waals surface area contributed by atoms with Crippen LogP contribution in [0.5, 0.6) is 0 Å². The monoisotopic (exact) mass is 431 g/mol. The molecule has 31 heavy (non-hydrogen) atoms. The second-order valence-corrected chi connectivity index (χ2v) is 8.21. The van der Waals surface area contributed by atoms with Crippen LogP contribution in [-0.2, 0) is 16.1 Å². The number of amides is 1. The van der Waals surface area contributed by atoms with Crippen molar-refractivity contribution in [3.8, 4) is 11.5 Å². The molecule has 2 saturated heterocycles. The van der Waals surface area contributed by atoms with E-state index in [2.05, 4.69) is 25.0 Å². The van der Waals surface area contributed by atoms with Crippen LogP contribution in [0.1, 0.15) is 38.9 Å². The van der Waals surface area contributed by atoms with Gasteiger partial charge in [-0.3, -0.25) is 0 Å². The first-order valence-corrected chi connectivity index (χ1v) is 10.7. The maximum absolute atomic E-state index is 12.0. The van der Waals surface area contributed by atoms with Crippen LogP contribution in [0.2, 0.25) is 0 Å². The molecular formula is C20H29N7O4. The van der Waals surface area contributed by atoms with E-state index < -0.39 is 0 Å². The zero-order chi connectivity index (χ0) is 21.8. The molecule has 0 radical (unpaired) electrons. The largest absolute Gasteiger partial charge is 0.447 e. The first-order valence-electron chi connectivity index (χ1n) is 10.7. The van der Waals surface area contributed by atoms with Crippen LogP contribution >= 0.6 is 0 Å². The van der Waals surface area contributed by atoms with Gasteiger partial charge in [0.15, 0.2) is 5.82 Å². The lowest BCUT2D eigenvalue weighted by molar-refractivity contribution is -0.00899. The van der Waals surface area contributed by atoms with E-state index in [0.717, 1.165) is 32.4 Å². The average Bonchev–Trinajstić information content (AvgIpc) is 3.41. The van der Waals surface area contributed by atoms with Gasteiger partial charge in [0.25, 0.3) is 5.89 Å². The van der Waals surface area contributed by atoms with Gasteiger partial charge in [0, 0.05) is 44.6 Å². The number of nitrogens with two attached hydrogens (primary N) is 1. The number of nitrogens with zero attached hydrogens (tertiary/aromatic N) is 6. The molecule has 0 saturated carbocycles. The second kappa shape index (κ2) is 9.56. The van der Waals surface area contributed by atoms with Gasteiger partial charge in [-0.1, -0.05) is 5.16 Å². The van der Waals surface area contributed by atoms with Crippen molar-refractivity contribution in [3.05, 3.63) is 18.2 Å². The third kappa shape index (κ3) is 5.47. The molecule has 2 N–H and O–H groups in total. The van der Waals surface area contributed by atoms with E-state index in [0.29, 0.717) is 36.3 Å². The molecule has 2 aromatic heterocycles. The number of carbonyl (C=O) groups excluding carboxylic acids is 1. The molecule has 4 heterocycles. The molecule has 11 nitrogen and oxygen atoms in total. The summed E-state index contributed by atoms with van der Waals surface area (Å²) < 4.78 is 16.5. The summed E-state index contributed by atoms with van der Waals surface area (Å²) in [5.41, 5.74) is 6.60. The Bertz CT molecular complexity index is 865. The summed E-state index contributed by atoms with van der Waals surface area (Å²) in [5, 5.41) is 3.98. The molecule has 2 aliphatic rings. The van der Waals surface area contributed by atoms with Gasteiger partial charge < -0.3 is 29.5 Å². The summed E-state index contributed by atoms with van der Waals surface area (Å²) in [5.74, 6) is 1.48. The number of likely N-dealkylation sites (tertiary alicyclic amines) is 1. The highest BCUT2D eigenvalue weighted by Gasteiger charge is 2.25. The van der Waals surface area contributed by atoms with Crippen LogP contribution in [0.4, 0.5) is 10.7 Å². The molecular weight excluding hydrogens is 402 g/mol. The van der Waals surface area contributed by atoms with Crippen LogP contribution in [0, 0.1) is 0 Å². The number of aromatic nitrogens is 4. The van der Waals surface area contributed by atoms with Gasteiger partial charge in [-0.2, -0.15) is 4.98 Å². The lowest BCUT2D eigenvalue weighted by Gasteiger charge is -2.31. The minimum atomic E-state index is -0.267. The Morgan fingerprint density at radius 2 is 1.97 bits per heavy atom. The summed E-state index contributed by atoms with van der Waals surface area (Å²) in [6.45, 7) is 6.78. The van der Waals surface area contributed by atoms with Crippen molar-refractivity contribution in [1.82, 2.24) is 25.0 Å². The molecule has 11 heteroatoms. The molecule has 4 rings (SSSR count). The molecule has 0 spiro atoms. The summed E-state index contributed by atoms with van der Waals surface area (Å²) >= 11 is 0. The van der Waals surface area contributed by atoms with E-state index in [-0.39, 0.29) is 30.9 Å². The van der Waals surface area contributed by atoms with Gasteiger partial charge in [-0.15, -0.1) is 0 Å². The van der Waals surface area contributed by atoms with Gasteiger partial charge in [-0.05, 0) is 33.1 Å². The maximum Gasteiger partial charge on any atom is 0.410 e. The Hall–Kier alpha value is -2.79. The summed E-state index contributed by atoms with van der Waals surface area (Å²) in [6, 6.07) is 0.169. The second-order valence-electron chi connectivity index (χ2n) is 8.21. The number of piperidine rings is 1. The van der Waals surface area contributed by atoms with E-state index in [9.17, 15) is 4.79 Å². The van der Waals surface area contributed by atoms with Crippen LogP contribution in [0.25, 0.3) is 11.5 Å². The van der Waals surface area contributed by atoms with Crippen molar-refractivity contribution >= 4 is 12.0 Å². The average molecular weight is 431 g/mol. The number of ether oxygens (including phenoxy) is 2. The highest BCUT2D eigenvalue weighted by molar-refractivity contribution is 5.67. The normalized spacial score (nSPS) is 19.9. The van der Waals surface area contributed by atoms with Gasteiger partial charge in [0.2, 0.25) is 5.95 Å². The fourth-order valence-corrected chi connectivity index (χ4v) is 3.67. The number of carbonyl (C=O) groups is 1. The highest BCUT2D eigenvalue weighted by atomic mass is 16.6. The predicted octanol–water partition coefficient (Wildman–Crippen LogP) is 1.59. The maximum atomic E-state index is 12.0. The lowest BCUT2D eigenvalue weighted by atomic mass is 10.1. The van der Waals surface area contributed by atoms with Gasteiger partial charge in [-0.25, -0.2) is 14.8 Å². The SMILES string of the molecule is CC(C)OC(=O)N1CCC(OCc2noc(-c3cnc(N4CC[C@@H](N)C4)nc3)n2)CC1. The first kappa shape index (κ1) is 21.4. The van der Waals surface area contributed by atoms with Crippen LogP contribution in [0.15, 0.2) is 16.9 Å².